The number of amides is 3. The zero-order chi connectivity index (χ0) is 35.6. The second-order valence-corrected chi connectivity index (χ2v) is 11.6. The molecule has 4 aromatic rings. The van der Waals surface area contributed by atoms with Gasteiger partial charge >= 0.3 is 6.18 Å². The van der Waals surface area contributed by atoms with E-state index in [4.69, 9.17) is 16.3 Å². The molecule has 256 valence electrons. The van der Waals surface area contributed by atoms with Gasteiger partial charge in [0.1, 0.15) is 6.54 Å². The summed E-state index contributed by atoms with van der Waals surface area (Å²) in [5.74, 6) is -1.37. The second kappa shape index (κ2) is 14.1. The highest BCUT2D eigenvalue weighted by Crippen LogP contribution is 2.34. The van der Waals surface area contributed by atoms with Crippen LogP contribution in [0.2, 0.25) is 5.02 Å². The molecule has 0 atom stereocenters. The first kappa shape index (κ1) is 35.0. The van der Waals surface area contributed by atoms with Crippen molar-refractivity contribution in [2.24, 2.45) is 0 Å². The summed E-state index contributed by atoms with van der Waals surface area (Å²) in [5, 5.41) is 9.39. The van der Waals surface area contributed by atoms with Gasteiger partial charge in [-0.3, -0.25) is 19.2 Å². The van der Waals surface area contributed by atoms with E-state index in [-0.39, 0.29) is 57.0 Å². The van der Waals surface area contributed by atoms with Crippen molar-refractivity contribution in [1.29, 1.82) is 0 Å². The van der Waals surface area contributed by atoms with Crippen molar-refractivity contribution in [3.8, 4) is 11.1 Å². The summed E-state index contributed by atoms with van der Waals surface area (Å²) in [4.78, 5) is 59.1. The quantitative estimate of drug-likeness (QED) is 0.233. The Morgan fingerprint density at radius 1 is 1.12 bits per heavy atom. The maximum Gasteiger partial charge on any atom is 0.416 e. The molecule has 0 spiro atoms. The third-order valence-corrected chi connectivity index (χ3v) is 8.01. The summed E-state index contributed by atoms with van der Waals surface area (Å²) in [6.07, 6.45) is -1.15. The minimum atomic E-state index is -4.63. The summed E-state index contributed by atoms with van der Waals surface area (Å²) < 4.78 is 47.5. The van der Waals surface area contributed by atoms with E-state index in [9.17, 15) is 32.3 Å². The third-order valence-electron chi connectivity index (χ3n) is 7.70. The number of halogens is 4. The van der Waals surface area contributed by atoms with Crippen molar-refractivity contribution in [3.05, 3.63) is 93.2 Å². The Kier molecular flexibility index (Phi) is 10.1. The number of carbonyl (C=O) groups is 3. The molecule has 3 amide bonds. The second-order valence-electron chi connectivity index (χ2n) is 11.2. The number of aromatic nitrogens is 4. The van der Waals surface area contributed by atoms with Gasteiger partial charge in [-0.05, 0) is 54.8 Å². The van der Waals surface area contributed by atoms with Crippen LogP contribution in [0.4, 0.5) is 24.5 Å². The molecule has 0 saturated heterocycles. The average Bonchev–Trinajstić information content (AvgIpc) is 3.52. The number of rotatable bonds is 9. The van der Waals surface area contributed by atoms with E-state index in [1.54, 1.807) is 27.1 Å². The van der Waals surface area contributed by atoms with E-state index in [1.807, 2.05) is 0 Å². The van der Waals surface area contributed by atoms with Crippen LogP contribution in [0.1, 0.15) is 40.8 Å². The molecule has 3 heterocycles. The molecule has 2 N–H and O–H groups in total. The number of ether oxygens (including phenoxy) is 1. The smallest absolute Gasteiger partial charge is 0.377 e. The fourth-order valence-corrected chi connectivity index (χ4v) is 5.57. The first-order chi connectivity index (χ1) is 23.2. The van der Waals surface area contributed by atoms with Crippen LogP contribution in [0.15, 0.2) is 59.9 Å². The highest BCUT2D eigenvalue weighted by atomic mass is 35.5. The van der Waals surface area contributed by atoms with Gasteiger partial charge in [0, 0.05) is 36.6 Å². The minimum absolute atomic E-state index is 0.0257. The molecule has 1 aliphatic heterocycles. The fourth-order valence-electron chi connectivity index (χ4n) is 5.34. The standard InChI is InChI=1S/C33H31ClF3N7O5/c1-5-25-28(21-9-7-19(30(47)42(3)4)15-24(21)39-26(45)6-2)31(48)44-32(40-29(41-44)18-11-13-49-14-12-18)43(25)17-27(46)38-23-10-8-20(16-22(23)34)33(35,36)37/h6-11,15-16H,2,5,12-14,17H2,1,3-4H3,(H,38,46)(H,39,45). The molecule has 0 radical (unpaired) electrons. The van der Waals surface area contributed by atoms with E-state index in [2.05, 4.69) is 27.3 Å². The van der Waals surface area contributed by atoms with Crippen LogP contribution >= 0.6 is 11.6 Å². The number of alkyl halides is 3. The molecule has 2 aromatic heterocycles. The predicted molar refractivity (Wildman–Crippen MR) is 177 cm³/mol. The van der Waals surface area contributed by atoms with Gasteiger partial charge in [0.05, 0.1) is 35.1 Å². The Labute approximate surface area is 282 Å². The lowest BCUT2D eigenvalue weighted by Gasteiger charge is -2.20. The Hall–Kier alpha value is -5.28. The van der Waals surface area contributed by atoms with Crippen LogP contribution in [-0.4, -0.2) is 69.1 Å². The van der Waals surface area contributed by atoms with Crippen molar-refractivity contribution < 1.29 is 32.3 Å². The number of hydrogen-bond acceptors (Lipinski definition) is 7. The van der Waals surface area contributed by atoms with Gasteiger partial charge in [-0.25, -0.2) is 0 Å². The van der Waals surface area contributed by atoms with Crippen LogP contribution in [0, 0.1) is 0 Å². The van der Waals surface area contributed by atoms with Gasteiger partial charge in [0.15, 0.2) is 5.82 Å². The number of anilines is 2. The molecular formula is C33H31ClF3N7O5. The van der Waals surface area contributed by atoms with Crippen molar-refractivity contribution in [2.75, 3.05) is 37.9 Å². The zero-order valence-electron chi connectivity index (χ0n) is 26.7. The Bertz CT molecular complexity index is 2090. The first-order valence-electron chi connectivity index (χ1n) is 15.0. The topological polar surface area (TPSA) is 140 Å². The van der Waals surface area contributed by atoms with Crippen LogP contribution in [0.3, 0.4) is 0 Å². The normalized spacial score (nSPS) is 13.2. The van der Waals surface area contributed by atoms with E-state index < -0.39 is 35.7 Å². The highest BCUT2D eigenvalue weighted by Gasteiger charge is 2.31. The Morgan fingerprint density at radius 3 is 2.49 bits per heavy atom. The molecule has 12 nitrogen and oxygen atoms in total. The molecule has 0 bridgehead atoms. The monoisotopic (exact) mass is 697 g/mol. The van der Waals surface area contributed by atoms with E-state index >= 15 is 0 Å². The van der Waals surface area contributed by atoms with Crippen molar-refractivity contribution in [3.63, 3.8) is 0 Å². The van der Waals surface area contributed by atoms with Gasteiger partial charge in [-0.1, -0.05) is 37.2 Å². The predicted octanol–water partition coefficient (Wildman–Crippen LogP) is 5.06. The van der Waals surface area contributed by atoms with Crippen LogP contribution < -0.4 is 16.2 Å². The first-order valence-corrected chi connectivity index (χ1v) is 15.4. The van der Waals surface area contributed by atoms with Crippen LogP contribution in [0.25, 0.3) is 22.5 Å². The average molecular weight is 698 g/mol. The maximum atomic E-state index is 14.3. The molecule has 1 aliphatic rings. The van der Waals surface area contributed by atoms with Gasteiger partial charge in [-0.15, -0.1) is 5.10 Å². The fraction of sp³-hybridized carbons (Fsp3) is 0.273. The van der Waals surface area contributed by atoms with Crippen molar-refractivity contribution in [2.45, 2.75) is 32.5 Å². The van der Waals surface area contributed by atoms with Crippen molar-refractivity contribution in [1.82, 2.24) is 24.1 Å². The van der Waals surface area contributed by atoms with Gasteiger partial charge in [0.25, 0.3) is 11.5 Å². The minimum Gasteiger partial charge on any atom is -0.377 e. The molecule has 5 rings (SSSR count). The summed E-state index contributed by atoms with van der Waals surface area (Å²) in [6, 6.07) is 7.01. The summed E-state index contributed by atoms with van der Waals surface area (Å²) in [6.45, 7) is 5.52. The van der Waals surface area contributed by atoms with Gasteiger partial charge in [-0.2, -0.15) is 22.7 Å². The molecular weight excluding hydrogens is 667 g/mol. The van der Waals surface area contributed by atoms with E-state index in [1.165, 1.54) is 27.7 Å². The molecule has 0 saturated carbocycles. The molecule has 0 unspecified atom stereocenters. The van der Waals surface area contributed by atoms with Crippen LogP contribution in [-0.2, 0) is 33.5 Å². The Balaban J connectivity index is 1.70. The lowest BCUT2D eigenvalue weighted by molar-refractivity contribution is -0.137. The summed E-state index contributed by atoms with van der Waals surface area (Å²) in [5.41, 5.74) is 0.0677. The summed E-state index contributed by atoms with van der Waals surface area (Å²) in [7, 11) is 3.14. The Morgan fingerprint density at radius 2 is 1.88 bits per heavy atom. The molecule has 0 fully saturated rings. The number of benzene rings is 2. The zero-order valence-corrected chi connectivity index (χ0v) is 27.4. The molecule has 16 heteroatoms. The SMILES string of the molecule is C=CC(=O)Nc1cc(C(=O)N(C)C)ccc1-c1c(CC)n(CC(=O)Nc2ccc(C(F)(F)F)cc2Cl)c2nc(C3=CCOCC3)nn2c1=O. The number of hydrogen-bond donors (Lipinski definition) is 2. The van der Waals surface area contributed by atoms with E-state index in [0.717, 1.165) is 28.3 Å². The largest absolute Gasteiger partial charge is 0.416 e. The highest BCUT2D eigenvalue weighted by molar-refractivity contribution is 6.33. The van der Waals surface area contributed by atoms with Crippen molar-refractivity contribution >= 4 is 52.0 Å². The molecule has 2 aromatic carbocycles. The number of fused-ring (bicyclic) bond motifs is 1. The summed E-state index contributed by atoms with van der Waals surface area (Å²) >= 11 is 6.10. The van der Waals surface area contributed by atoms with Crippen LogP contribution in [0.5, 0.6) is 0 Å². The number of nitrogens with one attached hydrogen (secondary N) is 2. The van der Waals surface area contributed by atoms with Gasteiger partial charge in [0.2, 0.25) is 17.6 Å². The third kappa shape index (κ3) is 7.27. The molecule has 49 heavy (non-hydrogen) atoms. The maximum absolute atomic E-state index is 14.3. The van der Waals surface area contributed by atoms with E-state index in [0.29, 0.717) is 31.4 Å². The number of carbonyl (C=O) groups excluding carboxylic acids is 3. The molecule has 0 aliphatic carbocycles. The lowest BCUT2D eigenvalue weighted by Crippen LogP contribution is -2.29. The van der Waals surface area contributed by atoms with Gasteiger partial charge < -0.3 is 24.8 Å². The number of nitrogens with zero attached hydrogens (tertiary/aromatic N) is 5. The lowest BCUT2D eigenvalue weighted by atomic mass is 9.99.